The van der Waals surface area contributed by atoms with Crippen LogP contribution in [-0.2, 0) is 14.3 Å². The summed E-state index contributed by atoms with van der Waals surface area (Å²) in [7, 11) is 1.00. The van der Waals surface area contributed by atoms with Crippen molar-refractivity contribution in [3.8, 4) is 0 Å². The number of carboxylic acids is 1. The first-order valence-corrected chi connectivity index (χ1v) is 6.51. The molecule has 130 valence electrons. The number of carbonyl (C=O) groups is 2. The highest BCUT2D eigenvalue weighted by Gasteiger charge is 2.38. The Morgan fingerprint density at radius 2 is 1.29 bits per heavy atom. The van der Waals surface area contributed by atoms with Gasteiger partial charge < -0.3 is 14.9 Å². The van der Waals surface area contributed by atoms with E-state index in [0.29, 0.717) is 6.61 Å². The Hall–Kier alpha value is -1.31. The van der Waals surface area contributed by atoms with Gasteiger partial charge in [-0.1, -0.05) is 39.5 Å². The number of aliphatic carboxylic acids is 1. The molecule has 8 heteroatoms. The topological polar surface area (TPSA) is 83.8 Å². The monoisotopic (exact) mass is 320 g/mol. The van der Waals surface area contributed by atoms with Crippen LogP contribution in [0.2, 0.25) is 0 Å². The van der Waals surface area contributed by atoms with Gasteiger partial charge in [-0.15, -0.1) is 0 Å². The Morgan fingerprint density at radius 3 is 1.33 bits per heavy atom. The van der Waals surface area contributed by atoms with E-state index in [1.54, 1.807) is 6.92 Å². The van der Waals surface area contributed by atoms with E-state index in [9.17, 15) is 18.0 Å². The van der Waals surface area contributed by atoms with Crippen LogP contribution in [0.1, 0.15) is 53.4 Å². The molecule has 0 rings (SSSR count). The number of aliphatic hydroxyl groups is 1. The second-order valence-electron chi connectivity index (χ2n) is 3.43. The van der Waals surface area contributed by atoms with Crippen molar-refractivity contribution in [3.05, 3.63) is 0 Å². The normalized spacial score (nSPS) is 8.81. The van der Waals surface area contributed by atoms with Crippen molar-refractivity contribution in [1.29, 1.82) is 0 Å². The zero-order valence-electron chi connectivity index (χ0n) is 13.3. The van der Waals surface area contributed by atoms with Crippen molar-refractivity contribution in [1.82, 2.24) is 0 Å². The standard InChI is InChI=1S/C6H14.C4H8O2.C2HF3O2.CH4O/c1-3-5-6-4-2;1-3-6-4(2)5;3-2(4,5)1(6)7;1-2/h3-6H2,1-2H3;3H2,1-2H3;(H,6,7);2H,1H3. The number of ether oxygens (including phenoxy) is 1. The third-order valence-corrected chi connectivity index (χ3v) is 1.55. The van der Waals surface area contributed by atoms with E-state index in [1.807, 2.05) is 0 Å². The van der Waals surface area contributed by atoms with Gasteiger partial charge in [0.05, 0.1) is 6.61 Å². The molecule has 2 N–H and O–H groups in total. The molecule has 21 heavy (non-hydrogen) atoms. The summed E-state index contributed by atoms with van der Waals surface area (Å²) < 4.78 is 36.1. The van der Waals surface area contributed by atoms with E-state index < -0.39 is 12.1 Å². The molecule has 0 saturated carbocycles. The maximum Gasteiger partial charge on any atom is 0.490 e. The van der Waals surface area contributed by atoms with Crippen LogP contribution in [-0.4, -0.2) is 42.0 Å². The van der Waals surface area contributed by atoms with Gasteiger partial charge in [0.1, 0.15) is 0 Å². The van der Waals surface area contributed by atoms with Gasteiger partial charge in [-0.05, 0) is 6.92 Å². The summed E-state index contributed by atoms with van der Waals surface area (Å²) in [5.41, 5.74) is 0. The summed E-state index contributed by atoms with van der Waals surface area (Å²) >= 11 is 0. The summed E-state index contributed by atoms with van der Waals surface area (Å²) in [6.45, 7) is 8.12. The molecule has 0 aliphatic carbocycles. The zero-order valence-corrected chi connectivity index (χ0v) is 13.3. The minimum atomic E-state index is -5.08. The van der Waals surface area contributed by atoms with Crippen LogP contribution in [0.15, 0.2) is 0 Å². The molecule has 0 amide bonds. The first-order chi connectivity index (χ1) is 9.63. The Balaban J connectivity index is -0.0000000976. The largest absolute Gasteiger partial charge is 0.490 e. The SMILES string of the molecule is CCCCCC.CCOC(C)=O.CO.O=C(O)C(F)(F)F. The number of aliphatic hydroxyl groups excluding tert-OH is 1. The molecule has 0 aromatic heterocycles. The minimum absolute atomic E-state index is 0.211. The molecule has 0 heterocycles. The second-order valence-corrected chi connectivity index (χ2v) is 3.43. The van der Waals surface area contributed by atoms with Crippen LogP contribution < -0.4 is 0 Å². The molecule has 0 spiro atoms. The lowest BCUT2D eigenvalue weighted by molar-refractivity contribution is -0.192. The number of carbonyl (C=O) groups excluding carboxylic acids is 1. The van der Waals surface area contributed by atoms with Crippen molar-refractivity contribution in [3.63, 3.8) is 0 Å². The lowest BCUT2D eigenvalue weighted by atomic mass is 10.2. The van der Waals surface area contributed by atoms with Crippen molar-refractivity contribution in [2.75, 3.05) is 13.7 Å². The Labute approximate surface area is 124 Å². The fourth-order valence-electron chi connectivity index (χ4n) is 0.703. The first kappa shape index (κ1) is 27.9. The van der Waals surface area contributed by atoms with Crippen molar-refractivity contribution >= 4 is 11.9 Å². The fourth-order valence-corrected chi connectivity index (χ4v) is 0.703. The summed E-state index contributed by atoms with van der Waals surface area (Å²) in [6, 6.07) is 0. The van der Waals surface area contributed by atoms with Gasteiger partial charge in [-0.25, -0.2) is 4.79 Å². The number of hydrogen-bond acceptors (Lipinski definition) is 4. The molecule has 0 radical (unpaired) electrons. The van der Waals surface area contributed by atoms with E-state index in [0.717, 1.165) is 7.11 Å². The Morgan fingerprint density at radius 1 is 1.00 bits per heavy atom. The predicted octanol–water partition coefficient (Wildman–Crippen LogP) is 3.40. The van der Waals surface area contributed by atoms with Gasteiger partial charge in [0.25, 0.3) is 0 Å². The zero-order chi connectivity index (χ0) is 17.9. The molecule has 0 saturated heterocycles. The van der Waals surface area contributed by atoms with E-state index in [4.69, 9.17) is 15.0 Å². The van der Waals surface area contributed by atoms with Crippen LogP contribution in [0.4, 0.5) is 13.2 Å². The molecule has 0 fully saturated rings. The lowest BCUT2D eigenvalue weighted by Crippen LogP contribution is -2.21. The number of rotatable bonds is 4. The smallest absolute Gasteiger partial charge is 0.475 e. The lowest BCUT2D eigenvalue weighted by Gasteiger charge is -1.93. The second kappa shape index (κ2) is 21.0. The first-order valence-electron chi connectivity index (χ1n) is 6.51. The molecule has 0 aliphatic heterocycles. The third kappa shape index (κ3) is 45.6. The molecule has 0 aromatic rings. The highest BCUT2D eigenvalue weighted by molar-refractivity contribution is 5.73. The van der Waals surface area contributed by atoms with E-state index in [1.165, 1.54) is 32.6 Å². The van der Waals surface area contributed by atoms with Gasteiger partial charge in [-0.3, -0.25) is 4.79 Å². The Kier molecular flexibility index (Phi) is 27.9. The maximum absolute atomic E-state index is 10.6. The number of halogens is 3. The van der Waals surface area contributed by atoms with Crippen LogP contribution in [0.3, 0.4) is 0 Å². The van der Waals surface area contributed by atoms with Crippen molar-refractivity contribution < 1.29 is 37.7 Å². The number of hydrogen-bond donors (Lipinski definition) is 2. The third-order valence-electron chi connectivity index (χ3n) is 1.55. The van der Waals surface area contributed by atoms with Gasteiger partial charge in [0, 0.05) is 14.0 Å². The number of esters is 1. The number of alkyl halides is 3. The summed E-state index contributed by atoms with van der Waals surface area (Å²) in [5, 5.41) is 14.1. The molecule has 0 aromatic carbocycles. The average molecular weight is 320 g/mol. The minimum Gasteiger partial charge on any atom is -0.475 e. The van der Waals surface area contributed by atoms with E-state index in [-0.39, 0.29) is 5.97 Å². The molecular weight excluding hydrogens is 293 g/mol. The number of carboxylic acid groups (broad SMARTS) is 1. The molecule has 0 aliphatic rings. The van der Waals surface area contributed by atoms with Gasteiger partial charge >= 0.3 is 18.1 Å². The quantitative estimate of drug-likeness (QED) is 0.612. The van der Waals surface area contributed by atoms with E-state index in [2.05, 4.69) is 18.6 Å². The van der Waals surface area contributed by atoms with E-state index >= 15 is 0 Å². The maximum atomic E-state index is 10.6. The highest BCUT2D eigenvalue weighted by Crippen LogP contribution is 2.13. The summed E-state index contributed by atoms with van der Waals surface area (Å²) in [4.78, 5) is 18.7. The average Bonchev–Trinajstić information content (AvgIpc) is 2.39. The predicted molar refractivity (Wildman–Crippen MR) is 74.0 cm³/mol. The summed E-state index contributed by atoms with van der Waals surface area (Å²) in [6.07, 6.45) is 0.453. The van der Waals surface area contributed by atoms with Gasteiger partial charge in [0.2, 0.25) is 0 Å². The summed E-state index contributed by atoms with van der Waals surface area (Å²) in [5.74, 6) is -2.97. The van der Waals surface area contributed by atoms with Crippen LogP contribution in [0, 0.1) is 0 Å². The molecule has 5 nitrogen and oxygen atoms in total. The molecule has 0 bridgehead atoms. The van der Waals surface area contributed by atoms with Gasteiger partial charge in [-0.2, -0.15) is 13.2 Å². The molecular formula is C13H27F3O5. The fraction of sp³-hybridized carbons (Fsp3) is 0.846. The number of unbranched alkanes of at least 4 members (excludes halogenated alkanes) is 3. The Bertz CT molecular complexity index is 226. The van der Waals surface area contributed by atoms with Gasteiger partial charge in [0.15, 0.2) is 0 Å². The van der Waals surface area contributed by atoms with Crippen LogP contribution in [0.5, 0.6) is 0 Å². The van der Waals surface area contributed by atoms with Crippen molar-refractivity contribution in [2.45, 2.75) is 59.6 Å². The van der Waals surface area contributed by atoms with Crippen LogP contribution >= 0.6 is 0 Å². The highest BCUT2D eigenvalue weighted by atomic mass is 19.4. The molecule has 0 unspecified atom stereocenters. The van der Waals surface area contributed by atoms with Crippen LogP contribution in [0.25, 0.3) is 0 Å². The molecule has 0 atom stereocenters. The van der Waals surface area contributed by atoms with Crippen molar-refractivity contribution in [2.24, 2.45) is 0 Å².